The van der Waals surface area contributed by atoms with Crippen LogP contribution < -0.4 is 5.32 Å². The third-order valence-electron chi connectivity index (χ3n) is 7.66. The summed E-state index contributed by atoms with van der Waals surface area (Å²) in [5.41, 5.74) is 1.77. The van der Waals surface area contributed by atoms with Gasteiger partial charge < -0.3 is 10.2 Å². The molecule has 2 aromatic carbocycles. The van der Waals surface area contributed by atoms with Crippen molar-refractivity contribution < 1.29 is 9.59 Å². The summed E-state index contributed by atoms with van der Waals surface area (Å²) in [6.07, 6.45) is 6.03. The van der Waals surface area contributed by atoms with Crippen molar-refractivity contribution in [1.82, 2.24) is 10.2 Å². The lowest BCUT2D eigenvalue weighted by Gasteiger charge is -2.31. The third kappa shape index (κ3) is 6.97. The smallest absolute Gasteiger partial charge is 0.243 e. The van der Waals surface area contributed by atoms with Gasteiger partial charge in [-0.2, -0.15) is 5.26 Å². The molecular weight excluding hydrogens is 446 g/mol. The predicted octanol–water partition coefficient (Wildman–Crippen LogP) is 5.79. The first-order valence-electron chi connectivity index (χ1n) is 13.5. The fraction of sp³-hybridized carbons (Fsp3) is 0.516. The van der Waals surface area contributed by atoms with E-state index in [-0.39, 0.29) is 29.8 Å². The Morgan fingerprint density at radius 3 is 2.36 bits per heavy atom. The highest BCUT2D eigenvalue weighted by molar-refractivity contribution is 5.88. The van der Waals surface area contributed by atoms with Crippen molar-refractivity contribution in [2.24, 2.45) is 5.92 Å². The van der Waals surface area contributed by atoms with Crippen molar-refractivity contribution in [1.29, 1.82) is 5.26 Å². The normalized spacial score (nSPS) is 17.9. The van der Waals surface area contributed by atoms with E-state index in [9.17, 15) is 14.9 Å². The Balaban J connectivity index is 1.48. The number of amides is 2. The van der Waals surface area contributed by atoms with Gasteiger partial charge in [0, 0.05) is 19.0 Å². The molecule has 5 heteroatoms. The number of aryl methyl sites for hydroxylation is 1. The zero-order valence-corrected chi connectivity index (χ0v) is 22.1. The molecule has 0 spiro atoms. The molecule has 1 N–H and O–H groups in total. The van der Waals surface area contributed by atoms with Gasteiger partial charge in [-0.25, -0.2) is 0 Å². The number of hydrogen-bond donors (Lipinski definition) is 1. The molecule has 2 aromatic rings. The first-order valence-corrected chi connectivity index (χ1v) is 13.5. The number of hydrogen-bond acceptors (Lipinski definition) is 3. The summed E-state index contributed by atoms with van der Waals surface area (Å²) < 4.78 is 0. The van der Waals surface area contributed by atoms with Gasteiger partial charge in [0.05, 0.1) is 11.5 Å². The minimum atomic E-state index is -0.545. The van der Waals surface area contributed by atoms with Crippen molar-refractivity contribution in [3.63, 3.8) is 0 Å². The molecule has 36 heavy (non-hydrogen) atoms. The van der Waals surface area contributed by atoms with E-state index in [1.807, 2.05) is 55.5 Å². The summed E-state index contributed by atoms with van der Waals surface area (Å²) in [7, 11) is 0. The van der Waals surface area contributed by atoms with Gasteiger partial charge in [0.2, 0.25) is 11.8 Å². The van der Waals surface area contributed by atoms with Gasteiger partial charge in [0.15, 0.2) is 0 Å². The van der Waals surface area contributed by atoms with E-state index in [1.165, 1.54) is 5.56 Å². The average Bonchev–Trinajstić information content (AvgIpc) is 3.39. The Morgan fingerprint density at radius 2 is 1.72 bits per heavy atom. The zero-order valence-electron chi connectivity index (χ0n) is 22.1. The van der Waals surface area contributed by atoms with Crippen LogP contribution in [0.4, 0.5) is 0 Å². The van der Waals surface area contributed by atoms with Crippen LogP contribution >= 0.6 is 0 Å². The number of nitrogens with zero attached hydrogens (tertiary/aromatic N) is 2. The molecule has 192 valence electrons. The highest BCUT2D eigenvalue weighted by atomic mass is 16.2. The summed E-state index contributed by atoms with van der Waals surface area (Å²) in [6.45, 7) is 6.86. The molecule has 0 bridgehead atoms. The van der Waals surface area contributed by atoms with Crippen LogP contribution in [-0.2, 0) is 21.4 Å². The van der Waals surface area contributed by atoms with Gasteiger partial charge in [-0.3, -0.25) is 9.59 Å². The molecule has 3 rings (SSSR count). The van der Waals surface area contributed by atoms with E-state index in [4.69, 9.17) is 0 Å². The number of carbonyl (C=O) groups excluding carboxylic acids is 2. The van der Waals surface area contributed by atoms with Crippen molar-refractivity contribution >= 4 is 11.8 Å². The Bertz CT molecular complexity index is 1020. The second-order valence-electron chi connectivity index (χ2n) is 10.5. The fourth-order valence-electron chi connectivity index (χ4n) is 5.35. The lowest BCUT2D eigenvalue weighted by molar-refractivity contribution is -0.138. The molecule has 0 aromatic heterocycles. The van der Waals surface area contributed by atoms with Crippen LogP contribution in [0.1, 0.15) is 76.8 Å². The average molecular weight is 488 g/mol. The topological polar surface area (TPSA) is 73.2 Å². The van der Waals surface area contributed by atoms with Gasteiger partial charge in [0.1, 0.15) is 6.04 Å². The standard InChI is InChI=1S/C31H41N3O2/c1-24(2)31(23-32,27-15-8-5-9-16-27)21-11-10-18-29(35)34-22-12-17-28(34)30(36)33-25(3)19-20-26-13-6-4-7-14-26/h4-9,13-16,24-25,28H,10-12,17-22H2,1-3H3,(H,33,36)/t25?,28-,31+/m1/s1. The number of carbonyl (C=O) groups is 2. The van der Waals surface area contributed by atoms with Gasteiger partial charge in [-0.15, -0.1) is 0 Å². The number of likely N-dealkylation sites (tertiary alicyclic amines) is 1. The maximum atomic E-state index is 13.0. The Kier molecular flexibility index (Phi) is 10.1. The Labute approximate surface area is 216 Å². The van der Waals surface area contributed by atoms with Crippen molar-refractivity contribution in [3.8, 4) is 6.07 Å². The van der Waals surface area contributed by atoms with Gasteiger partial charge in [-0.1, -0.05) is 80.9 Å². The minimum Gasteiger partial charge on any atom is -0.352 e. The minimum absolute atomic E-state index is 0.0335. The van der Waals surface area contributed by atoms with Crippen LogP contribution in [0, 0.1) is 17.2 Å². The summed E-state index contributed by atoms with van der Waals surface area (Å²) in [6, 6.07) is 22.6. The maximum absolute atomic E-state index is 13.0. The third-order valence-corrected chi connectivity index (χ3v) is 7.66. The molecule has 1 aliphatic heterocycles. The first kappa shape index (κ1) is 27.5. The van der Waals surface area contributed by atoms with Crippen molar-refractivity contribution in [2.75, 3.05) is 6.54 Å². The van der Waals surface area contributed by atoms with Crippen LogP contribution in [0.15, 0.2) is 60.7 Å². The largest absolute Gasteiger partial charge is 0.352 e. The molecule has 1 heterocycles. The number of benzene rings is 2. The van der Waals surface area contributed by atoms with Crippen LogP contribution in [0.25, 0.3) is 0 Å². The number of nitrogens with one attached hydrogen (secondary N) is 1. The SMILES string of the molecule is CC(CCc1ccccc1)NC(=O)[C@H]1CCCN1C(=O)CCCC[C@@](C#N)(c1ccccc1)C(C)C. The van der Waals surface area contributed by atoms with Crippen molar-refractivity contribution in [2.45, 2.75) is 89.6 Å². The number of rotatable bonds is 12. The van der Waals surface area contributed by atoms with Crippen LogP contribution in [0.5, 0.6) is 0 Å². The molecular formula is C31H41N3O2. The summed E-state index contributed by atoms with van der Waals surface area (Å²) in [5, 5.41) is 13.2. The highest BCUT2D eigenvalue weighted by Crippen LogP contribution is 2.37. The van der Waals surface area contributed by atoms with E-state index < -0.39 is 5.41 Å². The van der Waals surface area contributed by atoms with Gasteiger partial charge >= 0.3 is 0 Å². The lowest BCUT2D eigenvalue weighted by atomic mass is 9.69. The van der Waals surface area contributed by atoms with Gasteiger partial charge in [-0.05, 0) is 62.5 Å². The molecule has 5 nitrogen and oxygen atoms in total. The second kappa shape index (κ2) is 13.3. The van der Waals surface area contributed by atoms with E-state index in [1.54, 1.807) is 4.90 Å². The second-order valence-corrected chi connectivity index (χ2v) is 10.5. The monoisotopic (exact) mass is 487 g/mol. The molecule has 0 saturated carbocycles. The molecule has 1 fully saturated rings. The molecule has 0 radical (unpaired) electrons. The highest BCUT2D eigenvalue weighted by Gasteiger charge is 2.36. The van der Waals surface area contributed by atoms with E-state index in [0.717, 1.165) is 50.5 Å². The Morgan fingerprint density at radius 1 is 1.06 bits per heavy atom. The summed E-state index contributed by atoms with van der Waals surface area (Å²) in [4.78, 5) is 27.8. The predicted molar refractivity (Wildman–Crippen MR) is 144 cm³/mol. The molecule has 3 atom stereocenters. The van der Waals surface area contributed by atoms with E-state index >= 15 is 0 Å². The van der Waals surface area contributed by atoms with Gasteiger partial charge in [0.25, 0.3) is 0 Å². The first-order chi connectivity index (χ1) is 17.4. The zero-order chi connectivity index (χ0) is 26.0. The van der Waals surface area contributed by atoms with Crippen LogP contribution in [-0.4, -0.2) is 35.3 Å². The van der Waals surface area contributed by atoms with Crippen molar-refractivity contribution in [3.05, 3.63) is 71.8 Å². The van der Waals surface area contributed by atoms with E-state index in [2.05, 4.69) is 37.4 Å². The summed E-state index contributed by atoms with van der Waals surface area (Å²) in [5.74, 6) is 0.196. The van der Waals surface area contributed by atoms with E-state index in [0.29, 0.717) is 13.0 Å². The Hall–Kier alpha value is -3.13. The quantitative estimate of drug-likeness (QED) is 0.385. The molecule has 1 aliphatic rings. The molecule has 1 saturated heterocycles. The van der Waals surface area contributed by atoms with Crippen LogP contribution in [0.2, 0.25) is 0 Å². The van der Waals surface area contributed by atoms with Crippen LogP contribution in [0.3, 0.4) is 0 Å². The molecule has 2 amide bonds. The lowest BCUT2D eigenvalue weighted by Crippen LogP contribution is -2.48. The molecule has 1 unspecified atom stereocenters. The number of unbranched alkanes of at least 4 members (excludes halogenated alkanes) is 1. The maximum Gasteiger partial charge on any atom is 0.243 e. The number of nitriles is 1. The summed E-state index contributed by atoms with van der Waals surface area (Å²) >= 11 is 0. The fourth-order valence-corrected chi connectivity index (χ4v) is 5.35. The molecule has 0 aliphatic carbocycles.